The number of methoxy groups -OCH3 is 1. The van der Waals surface area contributed by atoms with E-state index in [1.54, 1.807) is 14.0 Å². The summed E-state index contributed by atoms with van der Waals surface area (Å²) in [5, 5.41) is 0. The molecule has 0 N–H and O–H groups in total. The summed E-state index contributed by atoms with van der Waals surface area (Å²) in [5.41, 5.74) is 0.819. The smallest absolute Gasteiger partial charge is 0.494 e. The van der Waals surface area contributed by atoms with Crippen molar-refractivity contribution in [1.82, 2.24) is 0 Å². The van der Waals surface area contributed by atoms with Crippen LogP contribution in [0.4, 0.5) is 0 Å². The van der Waals surface area contributed by atoms with Crippen molar-refractivity contribution < 1.29 is 23.6 Å². The quantitative estimate of drug-likeness (QED) is 0.614. The Morgan fingerprint density at radius 3 is 2.26 bits per heavy atom. The number of carbonyl (C=O) groups excluding carboxylic acids is 1. The Morgan fingerprint density at radius 1 is 1.13 bits per heavy atom. The summed E-state index contributed by atoms with van der Waals surface area (Å²) in [6, 6.07) is 5.60. The summed E-state index contributed by atoms with van der Waals surface area (Å²) in [7, 11) is 1.10. The van der Waals surface area contributed by atoms with Crippen molar-refractivity contribution in [3.05, 3.63) is 23.8 Å². The van der Waals surface area contributed by atoms with Gasteiger partial charge in [-0.1, -0.05) is 6.07 Å². The van der Waals surface area contributed by atoms with Gasteiger partial charge < -0.3 is 18.8 Å². The molecule has 6 heteroatoms. The van der Waals surface area contributed by atoms with Crippen molar-refractivity contribution in [2.75, 3.05) is 13.7 Å². The van der Waals surface area contributed by atoms with Gasteiger partial charge in [0.1, 0.15) is 5.75 Å². The van der Waals surface area contributed by atoms with E-state index in [4.69, 9.17) is 18.8 Å². The zero-order valence-electron chi connectivity index (χ0n) is 14.8. The first-order valence-electron chi connectivity index (χ1n) is 7.87. The van der Waals surface area contributed by atoms with E-state index >= 15 is 0 Å². The summed E-state index contributed by atoms with van der Waals surface area (Å²) < 4.78 is 22.5. The zero-order chi connectivity index (χ0) is 17.3. The van der Waals surface area contributed by atoms with Crippen LogP contribution in [0.1, 0.15) is 40.2 Å². The number of ether oxygens (including phenoxy) is 2. The topological polar surface area (TPSA) is 54.0 Å². The summed E-state index contributed by atoms with van der Waals surface area (Å²) in [6.45, 7) is 10.2. The van der Waals surface area contributed by atoms with E-state index < -0.39 is 18.3 Å². The van der Waals surface area contributed by atoms with Crippen molar-refractivity contribution in [1.29, 1.82) is 0 Å². The molecule has 1 aliphatic rings. The highest BCUT2D eigenvalue weighted by Crippen LogP contribution is 2.36. The van der Waals surface area contributed by atoms with Gasteiger partial charge >= 0.3 is 13.1 Å². The average Bonchev–Trinajstić information content (AvgIpc) is 2.67. The van der Waals surface area contributed by atoms with E-state index in [1.165, 1.54) is 0 Å². The van der Waals surface area contributed by atoms with Gasteiger partial charge in [0, 0.05) is 0 Å². The lowest BCUT2D eigenvalue weighted by atomic mass is 9.78. The van der Waals surface area contributed by atoms with Crippen molar-refractivity contribution in [2.45, 2.75) is 52.2 Å². The molecule has 0 spiro atoms. The van der Waals surface area contributed by atoms with Gasteiger partial charge in [-0.3, -0.25) is 4.79 Å². The standard InChI is InChI=1S/C17H25BO5/c1-7-21-15(19)10-12-8-13(11-14(9-12)20-6)18-22-16(2,3)17(4,5)23-18/h8-9,11H,7,10H2,1-6H3. The molecule has 0 aromatic heterocycles. The van der Waals surface area contributed by atoms with Gasteiger partial charge in [-0.25, -0.2) is 0 Å². The number of benzene rings is 1. The van der Waals surface area contributed by atoms with Crippen molar-refractivity contribution >= 4 is 18.6 Å². The molecule has 0 saturated carbocycles. The first-order valence-corrected chi connectivity index (χ1v) is 7.87. The Bertz CT molecular complexity index is 566. The van der Waals surface area contributed by atoms with Crippen LogP contribution in [-0.4, -0.2) is 38.0 Å². The molecule has 0 atom stereocenters. The fraction of sp³-hybridized carbons (Fsp3) is 0.588. The fourth-order valence-electron chi connectivity index (χ4n) is 2.40. The largest absolute Gasteiger partial charge is 0.497 e. The summed E-state index contributed by atoms with van der Waals surface area (Å²) >= 11 is 0. The van der Waals surface area contributed by atoms with Crippen molar-refractivity contribution in [3.8, 4) is 5.75 Å². The Balaban J connectivity index is 2.27. The molecule has 2 rings (SSSR count). The molecular formula is C17H25BO5. The van der Waals surface area contributed by atoms with Gasteiger partial charge in [0.2, 0.25) is 0 Å². The molecule has 0 unspecified atom stereocenters. The molecule has 1 saturated heterocycles. The van der Waals surface area contributed by atoms with Crippen molar-refractivity contribution in [3.63, 3.8) is 0 Å². The Kier molecular flexibility index (Phi) is 5.06. The van der Waals surface area contributed by atoms with Crippen LogP contribution in [0.3, 0.4) is 0 Å². The second kappa shape index (κ2) is 6.53. The molecule has 126 valence electrons. The van der Waals surface area contributed by atoms with Crippen LogP contribution in [-0.2, 0) is 25.3 Å². The predicted octanol–water partition coefficient (Wildman–Crippen LogP) is 2.10. The second-order valence-corrected chi connectivity index (χ2v) is 6.68. The highest BCUT2D eigenvalue weighted by molar-refractivity contribution is 6.62. The highest BCUT2D eigenvalue weighted by atomic mass is 16.7. The SMILES string of the molecule is CCOC(=O)Cc1cc(OC)cc(B2OC(C)(C)C(C)(C)O2)c1. The van der Waals surface area contributed by atoms with Gasteiger partial charge in [0.25, 0.3) is 0 Å². The average molecular weight is 320 g/mol. The molecule has 5 nitrogen and oxygen atoms in total. The third-order valence-electron chi connectivity index (χ3n) is 4.40. The Hall–Kier alpha value is -1.53. The third-order valence-corrected chi connectivity index (χ3v) is 4.40. The maximum absolute atomic E-state index is 11.7. The Morgan fingerprint density at radius 2 is 1.74 bits per heavy atom. The maximum Gasteiger partial charge on any atom is 0.494 e. The number of carbonyl (C=O) groups is 1. The van der Waals surface area contributed by atoms with E-state index in [1.807, 2.05) is 45.9 Å². The molecule has 0 bridgehead atoms. The molecule has 1 aromatic rings. The van der Waals surface area contributed by atoms with Crippen LogP contribution in [0.25, 0.3) is 0 Å². The fourth-order valence-corrected chi connectivity index (χ4v) is 2.40. The minimum Gasteiger partial charge on any atom is -0.497 e. The minimum absolute atomic E-state index is 0.192. The monoisotopic (exact) mass is 320 g/mol. The van der Waals surface area contributed by atoms with E-state index in [9.17, 15) is 4.79 Å². The summed E-state index contributed by atoms with van der Waals surface area (Å²) in [5.74, 6) is 0.400. The molecule has 1 heterocycles. The van der Waals surface area contributed by atoms with Crippen LogP contribution in [0.2, 0.25) is 0 Å². The number of esters is 1. The summed E-state index contributed by atoms with van der Waals surface area (Å²) in [6.07, 6.45) is 0.192. The first kappa shape index (κ1) is 17.8. The van der Waals surface area contributed by atoms with Crippen LogP contribution in [0.5, 0.6) is 5.75 Å². The second-order valence-electron chi connectivity index (χ2n) is 6.68. The Labute approximate surface area is 138 Å². The number of hydrogen-bond acceptors (Lipinski definition) is 5. The van der Waals surface area contributed by atoms with E-state index in [-0.39, 0.29) is 12.4 Å². The van der Waals surface area contributed by atoms with Crippen LogP contribution < -0.4 is 10.2 Å². The lowest BCUT2D eigenvalue weighted by Crippen LogP contribution is -2.41. The number of rotatable bonds is 5. The summed E-state index contributed by atoms with van der Waals surface area (Å²) in [4.78, 5) is 11.7. The molecule has 1 aliphatic heterocycles. The molecule has 0 radical (unpaired) electrons. The number of hydrogen-bond donors (Lipinski definition) is 0. The predicted molar refractivity (Wildman–Crippen MR) is 89.0 cm³/mol. The third kappa shape index (κ3) is 3.87. The van der Waals surface area contributed by atoms with Gasteiger partial charge in [-0.05, 0) is 57.8 Å². The van der Waals surface area contributed by atoms with E-state index in [2.05, 4.69) is 0 Å². The highest BCUT2D eigenvalue weighted by Gasteiger charge is 2.51. The van der Waals surface area contributed by atoms with Crippen LogP contribution in [0, 0.1) is 0 Å². The van der Waals surface area contributed by atoms with Gasteiger partial charge in [-0.15, -0.1) is 0 Å². The first-order chi connectivity index (χ1) is 10.7. The lowest BCUT2D eigenvalue weighted by Gasteiger charge is -2.32. The van der Waals surface area contributed by atoms with E-state index in [0.29, 0.717) is 12.4 Å². The maximum atomic E-state index is 11.7. The van der Waals surface area contributed by atoms with Crippen LogP contribution >= 0.6 is 0 Å². The molecule has 23 heavy (non-hydrogen) atoms. The molecule has 0 aliphatic carbocycles. The van der Waals surface area contributed by atoms with Crippen molar-refractivity contribution in [2.24, 2.45) is 0 Å². The molecular weight excluding hydrogens is 295 g/mol. The molecule has 0 amide bonds. The zero-order valence-corrected chi connectivity index (χ0v) is 14.8. The molecule has 1 aromatic carbocycles. The van der Waals surface area contributed by atoms with Gasteiger partial charge in [0.05, 0.1) is 31.3 Å². The molecule has 1 fully saturated rings. The minimum atomic E-state index is -0.490. The van der Waals surface area contributed by atoms with Gasteiger partial charge in [-0.2, -0.15) is 0 Å². The van der Waals surface area contributed by atoms with Crippen LogP contribution in [0.15, 0.2) is 18.2 Å². The lowest BCUT2D eigenvalue weighted by molar-refractivity contribution is -0.142. The normalized spacial score (nSPS) is 18.8. The van der Waals surface area contributed by atoms with E-state index in [0.717, 1.165) is 11.0 Å². The van der Waals surface area contributed by atoms with Gasteiger partial charge in [0.15, 0.2) is 0 Å².